The standard InChI is InChI=1S/C25H18Cl2N4O5/c1-15-4-2-5-18(8-15)29-23(32)14-36-24-21(26)10-16(11-22(24)27)9-17(13-28)25(33)30-19-6-3-7-20(12-19)31(34)35/h2-12H,14H2,1H3,(H,29,32)(H,30,33)/b17-9-. The molecule has 0 radical (unpaired) electrons. The van der Waals surface area contributed by atoms with E-state index in [1.165, 1.54) is 42.5 Å². The van der Waals surface area contributed by atoms with Crippen LogP contribution in [0.1, 0.15) is 11.1 Å². The fourth-order valence-electron chi connectivity index (χ4n) is 3.07. The van der Waals surface area contributed by atoms with E-state index < -0.39 is 16.7 Å². The van der Waals surface area contributed by atoms with E-state index in [-0.39, 0.29) is 39.3 Å². The first-order valence-corrected chi connectivity index (χ1v) is 11.1. The van der Waals surface area contributed by atoms with Crippen molar-refractivity contribution < 1.29 is 19.2 Å². The van der Waals surface area contributed by atoms with E-state index in [2.05, 4.69) is 10.6 Å². The van der Waals surface area contributed by atoms with Gasteiger partial charge in [-0.3, -0.25) is 19.7 Å². The van der Waals surface area contributed by atoms with Gasteiger partial charge in [0.05, 0.1) is 15.0 Å². The van der Waals surface area contributed by atoms with E-state index in [1.807, 2.05) is 19.1 Å². The third kappa shape index (κ3) is 7.06. The molecule has 0 spiro atoms. The molecule has 0 aliphatic carbocycles. The predicted octanol–water partition coefficient (Wildman–Crippen LogP) is 5.77. The normalized spacial score (nSPS) is 10.8. The maximum atomic E-state index is 12.5. The number of non-ortho nitro benzene ring substituents is 1. The number of rotatable bonds is 8. The van der Waals surface area contributed by atoms with Crippen molar-refractivity contribution in [2.45, 2.75) is 6.92 Å². The zero-order valence-electron chi connectivity index (χ0n) is 18.7. The summed E-state index contributed by atoms with van der Waals surface area (Å²) in [6.07, 6.45) is 1.25. The highest BCUT2D eigenvalue weighted by atomic mass is 35.5. The summed E-state index contributed by atoms with van der Waals surface area (Å²) in [5.41, 5.74) is 1.58. The molecule has 3 rings (SSSR count). The van der Waals surface area contributed by atoms with Gasteiger partial charge in [0.2, 0.25) is 0 Å². The van der Waals surface area contributed by atoms with Crippen LogP contribution in [-0.2, 0) is 9.59 Å². The summed E-state index contributed by atoms with van der Waals surface area (Å²) in [5.74, 6) is -1.13. The van der Waals surface area contributed by atoms with E-state index in [4.69, 9.17) is 27.9 Å². The Kier molecular flexibility index (Phi) is 8.62. The molecule has 0 heterocycles. The lowest BCUT2D eigenvalue weighted by Crippen LogP contribution is -2.20. The molecule has 0 fully saturated rings. The first-order valence-electron chi connectivity index (χ1n) is 10.3. The SMILES string of the molecule is Cc1cccc(NC(=O)COc2c(Cl)cc(/C=C(/C#N)C(=O)Nc3cccc([N+](=O)[O-])c3)cc2Cl)c1. The number of hydrogen-bond acceptors (Lipinski definition) is 6. The number of nitriles is 1. The zero-order valence-corrected chi connectivity index (χ0v) is 20.3. The van der Waals surface area contributed by atoms with Gasteiger partial charge in [0, 0.05) is 23.5 Å². The molecule has 182 valence electrons. The number of nitro groups is 1. The molecule has 0 bridgehead atoms. The fourth-order valence-corrected chi connectivity index (χ4v) is 3.68. The van der Waals surface area contributed by atoms with Crippen LogP contribution in [0.2, 0.25) is 10.0 Å². The second kappa shape index (κ2) is 11.8. The largest absolute Gasteiger partial charge is 0.481 e. The number of nitrogens with one attached hydrogen (secondary N) is 2. The summed E-state index contributed by atoms with van der Waals surface area (Å²) in [5, 5.41) is 25.6. The number of aryl methyl sites for hydroxylation is 1. The molecule has 3 aromatic carbocycles. The Bertz CT molecular complexity index is 1390. The first kappa shape index (κ1) is 26.2. The van der Waals surface area contributed by atoms with E-state index in [0.29, 0.717) is 11.3 Å². The van der Waals surface area contributed by atoms with Crippen molar-refractivity contribution in [1.29, 1.82) is 5.26 Å². The molecule has 11 heteroatoms. The van der Waals surface area contributed by atoms with Gasteiger partial charge in [0.25, 0.3) is 17.5 Å². The molecule has 0 saturated heterocycles. The summed E-state index contributed by atoms with van der Waals surface area (Å²) in [6.45, 7) is 1.55. The van der Waals surface area contributed by atoms with E-state index in [0.717, 1.165) is 5.56 Å². The van der Waals surface area contributed by atoms with Gasteiger partial charge in [-0.15, -0.1) is 0 Å². The Morgan fingerprint density at radius 2 is 1.69 bits per heavy atom. The Balaban J connectivity index is 1.70. The van der Waals surface area contributed by atoms with Crippen LogP contribution in [-0.4, -0.2) is 23.3 Å². The quantitative estimate of drug-likeness (QED) is 0.166. The number of ether oxygens (including phenoxy) is 1. The number of halogens is 2. The minimum Gasteiger partial charge on any atom is -0.481 e. The lowest BCUT2D eigenvalue weighted by molar-refractivity contribution is -0.384. The maximum absolute atomic E-state index is 12.5. The van der Waals surface area contributed by atoms with Crippen molar-refractivity contribution in [3.63, 3.8) is 0 Å². The van der Waals surface area contributed by atoms with Crippen LogP contribution >= 0.6 is 23.2 Å². The maximum Gasteiger partial charge on any atom is 0.271 e. The number of carbonyl (C=O) groups is 2. The molecule has 0 saturated carbocycles. The van der Waals surface area contributed by atoms with Crippen LogP contribution in [0, 0.1) is 28.4 Å². The number of benzene rings is 3. The average molecular weight is 525 g/mol. The summed E-state index contributed by atoms with van der Waals surface area (Å²) in [4.78, 5) is 35.0. The van der Waals surface area contributed by atoms with Gasteiger partial charge in [-0.05, 0) is 54.5 Å². The van der Waals surface area contributed by atoms with Crippen LogP contribution in [0.15, 0.2) is 66.2 Å². The number of anilines is 2. The van der Waals surface area contributed by atoms with Gasteiger partial charge in [-0.25, -0.2) is 0 Å². The number of nitrogens with zero attached hydrogens (tertiary/aromatic N) is 2. The Labute approximate surface area is 216 Å². The molecular formula is C25H18Cl2N4O5. The van der Waals surface area contributed by atoms with Gasteiger partial charge in [0.1, 0.15) is 11.6 Å². The molecule has 9 nitrogen and oxygen atoms in total. The summed E-state index contributed by atoms with van der Waals surface area (Å²) in [7, 11) is 0. The van der Waals surface area contributed by atoms with E-state index >= 15 is 0 Å². The first-order chi connectivity index (χ1) is 17.2. The van der Waals surface area contributed by atoms with Gasteiger partial charge in [-0.1, -0.05) is 41.4 Å². The monoisotopic (exact) mass is 524 g/mol. The third-order valence-electron chi connectivity index (χ3n) is 4.66. The zero-order chi connectivity index (χ0) is 26.2. The van der Waals surface area contributed by atoms with Gasteiger partial charge < -0.3 is 15.4 Å². The fraction of sp³-hybridized carbons (Fsp3) is 0.0800. The summed E-state index contributed by atoms with van der Waals surface area (Å²) < 4.78 is 5.48. The number of hydrogen-bond donors (Lipinski definition) is 2. The highest BCUT2D eigenvalue weighted by molar-refractivity contribution is 6.37. The number of nitro benzene ring substituents is 1. The van der Waals surface area contributed by atoms with E-state index in [1.54, 1.807) is 18.2 Å². The molecular weight excluding hydrogens is 507 g/mol. The molecule has 2 N–H and O–H groups in total. The van der Waals surface area contributed by atoms with Crippen molar-refractivity contribution in [2.24, 2.45) is 0 Å². The highest BCUT2D eigenvalue weighted by Gasteiger charge is 2.15. The van der Waals surface area contributed by atoms with Crippen LogP contribution in [0.5, 0.6) is 5.75 Å². The smallest absolute Gasteiger partial charge is 0.271 e. The molecule has 3 aromatic rings. The lowest BCUT2D eigenvalue weighted by Gasteiger charge is -2.12. The highest BCUT2D eigenvalue weighted by Crippen LogP contribution is 2.35. The molecule has 36 heavy (non-hydrogen) atoms. The van der Waals surface area contributed by atoms with Crippen LogP contribution in [0.4, 0.5) is 17.1 Å². The van der Waals surface area contributed by atoms with Crippen molar-refractivity contribution in [3.05, 3.63) is 97.5 Å². The molecule has 0 aliphatic rings. The van der Waals surface area contributed by atoms with Crippen LogP contribution in [0.3, 0.4) is 0 Å². The van der Waals surface area contributed by atoms with Gasteiger partial charge >= 0.3 is 0 Å². The third-order valence-corrected chi connectivity index (χ3v) is 5.22. The average Bonchev–Trinajstić information content (AvgIpc) is 2.82. The van der Waals surface area contributed by atoms with Crippen molar-refractivity contribution in [1.82, 2.24) is 0 Å². The van der Waals surface area contributed by atoms with Crippen molar-refractivity contribution in [3.8, 4) is 11.8 Å². The Hall–Kier alpha value is -4.39. The number of amides is 2. The second-order valence-corrected chi connectivity index (χ2v) is 8.27. The molecule has 2 amide bonds. The van der Waals surface area contributed by atoms with Crippen molar-refractivity contribution >= 4 is 58.2 Å². The predicted molar refractivity (Wildman–Crippen MR) is 137 cm³/mol. The Morgan fingerprint density at radius 3 is 2.31 bits per heavy atom. The Morgan fingerprint density at radius 1 is 1.06 bits per heavy atom. The van der Waals surface area contributed by atoms with Gasteiger partial charge in [-0.2, -0.15) is 5.26 Å². The second-order valence-electron chi connectivity index (χ2n) is 7.45. The van der Waals surface area contributed by atoms with Crippen LogP contribution < -0.4 is 15.4 Å². The molecule has 0 atom stereocenters. The number of carbonyl (C=O) groups excluding carboxylic acids is 2. The van der Waals surface area contributed by atoms with Crippen molar-refractivity contribution in [2.75, 3.05) is 17.2 Å². The minimum absolute atomic E-state index is 0.0634. The minimum atomic E-state index is -0.779. The van der Waals surface area contributed by atoms with E-state index in [9.17, 15) is 25.0 Å². The van der Waals surface area contributed by atoms with Gasteiger partial charge in [0.15, 0.2) is 12.4 Å². The molecule has 0 aromatic heterocycles. The molecule has 0 unspecified atom stereocenters. The summed E-state index contributed by atoms with van der Waals surface area (Å²) in [6, 6.07) is 17.2. The molecule has 0 aliphatic heterocycles. The summed E-state index contributed by atoms with van der Waals surface area (Å²) >= 11 is 12.5. The lowest BCUT2D eigenvalue weighted by atomic mass is 10.1. The topological polar surface area (TPSA) is 134 Å². The van der Waals surface area contributed by atoms with Crippen LogP contribution in [0.25, 0.3) is 6.08 Å².